The van der Waals surface area contributed by atoms with E-state index in [1.54, 1.807) is 0 Å². The SMILES string of the molecule is COC(=O)NC(C(=O)NC1=CCC(C2CCC(c3ccc(N)cc3)N2C2=CC=C(C3=CN=C(N4CCOCC4)CC3)CC2)C=C1)C(C)C. The standard InChI is InChI=1S/C38H50N6O4/c1-25(2)36(42-38(46)47-3)37(45)41-31-13-6-28(7-14-31)34-18-17-33(27-4-11-30(39)12-5-27)44(34)32-15-8-26(9-16-32)29-10-19-35(40-24-29)43-20-22-48-23-21-43/h4-6,8,11-15,24-25,28,33-34,36H,7,9-10,16-23,39H2,1-3H3,(H,41,45)(H,42,46). The molecule has 10 nitrogen and oxygen atoms in total. The van der Waals surface area contributed by atoms with Crippen molar-refractivity contribution in [2.24, 2.45) is 16.8 Å². The van der Waals surface area contributed by atoms with E-state index in [1.165, 1.54) is 35.4 Å². The van der Waals surface area contributed by atoms with Gasteiger partial charge in [-0.25, -0.2) is 9.79 Å². The van der Waals surface area contributed by atoms with Crippen LogP contribution >= 0.6 is 0 Å². The molecule has 0 aromatic heterocycles. The van der Waals surface area contributed by atoms with Crippen molar-refractivity contribution in [3.05, 3.63) is 88.9 Å². The number of nitrogen functional groups attached to an aromatic ring is 1. The first-order valence-corrected chi connectivity index (χ1v) is 17.5. The van der Waals surface area contributed by atoms with Crippen LogP contribution in [-0.4, -0.2) is 73.1 Å². The van der Waals surface area contributed by atoms with Gasteiger partial charge in [-0.05, 0) is 85.4 Å². The molecular weight excluding hydrogens is 604 g/mol. The molecule has 256 valence electrons. The molecule has 0 saturated carbocycles. The van der Waals surface area contributed by atoms with E-state index in [0.29, 0.717) is 12.0 Å². The van der Waals surface area contributed by atoms with E-state index in [2.05, 4.69) is 63.1 Å². The van der Waals surface area contributed by atoms with Crippen molar-refractivity contribution in [1.82, 2.24) is 20.4 Å². The molecule has 1 aromatic carbocycles. The maximum atomic E-state index is 13.1. The number of methoxy groups -OCH3 is 1. The monoisotopic (exact) mass is 654 g/mol. The highest BCUT2D eigenvalue weighted by atomic mass is 16.5. The molecule has 4 unspecified atom stereocenters. The van der Waals surface area contributed by atoms with Gasteiger partial charge >= 0.3 is 6.09 Å². The second kappa shape index (κ2) is 15.3. The summed E-state index contributed by atoms with van der Waals surface area (Å²) in [6.45, 7) is 7.21. The minimum atomic E-state index is -0.686. The Bertz CT molecular complexity index is 1530. The van der Waals surface area contributed by atoms with Gasteiger partial charge in [0.2, 0.25) is 5.91 Å². The molecule has 1 aromatic rings. The van der Waals surface area contributed by atoms with E-state index < -0.39 is 12.1 Å². The van der Waals surface area contributed by atoms with Gasteiger partial charge in [0.1, 0.15) is 11.9 Å². The number of morpholine rings is 1. The number of amides is 2. The van der Waals surface area contributed by atoms with Gasteiger partial charge in [-0.1, -0.05) is 44.2 Å². The third kappa shape index (κ3) is 7.70. The Morgan fingerprint density at radius 3 is 2.42 bits per heavy atom. The van der Waals surface area contributed by atoms with Crippen LogP contribution in [0.25, 0.3) is 0 Å². The lowest BCUT2D eigenvalue weighted by atomic mass is 9.88. The van der Waals surface area contributed by atoms with Crippen molar-refractivity contribution in [3.8, 4) is 0 Å². The van der Waals surface area contributed by atoms with Gasteiger partial charge in [0.15, 0.2) is 0 Å². The van der Waals surface area contributed by atoms with E-state index in [-0.39, 0.29) is 17.9 Å². The van der Waals surface area contributed by atoms with E-state index in [1.807, 2.05) is 32.1 Å². The Morgan fingerprint density at radius 2 is 1.79 bits per heavy atom. The first-order valence-electron chi connectivity index (χ1n) is 17.5. The number of hydrogen-bond donors (Lipinski definition) is 3. The summed E-state index contributed by atoms with van der Waals surface area (Å²) in [5.74, 6) is 1.16. The molecule has 0 spiro atoms. The Hall–Kier alpha value is -4.31. The molecule has 0 bridgehead atoms. The molecule has 0 radical (unpaired) electrons. The number of allylic oxidation sites excluding steroid dienone is 7. The van der Waals surface area contributed by atoms with Crippen molar-refractivity contribution in [2.45, 2.75) is 76.9 Å². The van der Waals surface area contributed by atoms with E-state index >= 15 is 0 Å². The maximum Gasteiger partial charge on any atom is 0.407 e. The second-order valence-electron chi connectivity index (χ2n) is 13.6. The number of carbonyl (C=O) groups excluding carboxylic acids is 2. The fourth-order valence-electron chi connectivity index (χ4n) is 7.61. The number of aliphatic imine (C=N–C) groups is 1. The lowest BCUT2D eigenvalue weighted by molar-refractivity contribution is -0.123. The summed E-state index contributed by atoms with van der Waals surface area (Å²) in [6.07, 6.45) is 19.5. The summed E-state index contributed by atoms with van der Waals surface area (Å²) in [7, 11) is 1.30. The van der Waals surface area contributed by atoms with Gasteiger partial charge in [-0.2, -0.15) is 0 Å². The Morgan fingerprint density at radius 1 is 1.02 bits per heavy atom. The fourth-order valence-corrected chi connectivity index (χ4v) is 7.61. The summed E-state index contributed by atoms with van der Waals surface area (Å²) in [5, 5.41) is 5.66. The number of likely N-dealkylation sites (tertiary alicyclic amines) is 1. The average molecular weight is 655 g/mol. The number of nitrogens with one attached hydrogen (secondary N) is 2. The first kappa shape index (κ1) is 33.6. The highest BCUT2D eigenvalue weighted by Crippen LogP contribution is 2.46. The van der Waals surface area contributed by atoms with Crippen LogP contribution in [0.3, 0.4) is 0 Å². The molecule has 10 heteroatoms. The minimum absolute atomic E-state index is 0.0876. The van der Waals surface area contributed by atoms with Crippen molar-refractivity contribution in [3.63, 3.8) is 0 Å². The largest absolute Gasteiger partial charge is 0.453 e. The Balaban J connectivity index is 1.17. The summed E-state index contributed by atoms with van der Waals surface area (Å²) in [4.78, 5) is 34.8. The number of anilines is 1. The summed E-state index contributed by atoms with van der Waals surface area (Å²) < 4.78 is 10.2. The molecular formula is C38H50N6O4. The summed E-state index contributed by atoms with van der Waals surface area (Å²) in [6, 6.07) is 8.29. The van der Waals surface area contributed by atoms with Crippen LogP contribution < -0.4 is 16.4 Å². The van der Waals surface area contributed by atoms with Gasteiger partial charge in [0.05, 0.1) is 26.4 Å². The van der Waals surface area contributed by atoms with Crippen LogP contribution in [0.2, 0.25) is 0 Å². The highest BCUT2D eigenvalue weighted by molar-refractivity contribution is 5.87. The molecule has 4 atom stereocenters. The lowest BCUT2D eigenvalue weighted by Crippen LogP contribution is -2.49. The predicted octanol–water partition coefficient (Wildman–Crippen LogP) is 5.74. The number of nitrogens with two attached hydrogens (primary N) is 1. The molecule has 6 rings (SSSR count). The number of ether oxygens (including phenoxy) is 2. The molecule has 2 amide bonds. The predicted molar refractivity (Wildman–Crippen MR) is 189 cm³/mol. The Kier molecular flexibility index (Phi) is 10.7. The highest BCUT2D eigenvalue weighted by Gasteiger charge is 2.39. The van der Waals surface area contributed by atoms with Gasteiger partial charge in [-0.3, -0.25) is 4.79 Å². The zero-order chi connectivity index (χ0) is 33.6. The minimum Gasteiger partial charge on any atom is -0.453 e. The molecule has 2 aliphatic carbocycles. The van der Waals surface area contributed by atoms with Crippen molar-refractivity contribution >= 4 is 23.5 Å². The van der Waals surface area contributed by atoms with Crippen molar-refractivity contribution < 1.29 is 19.1 Å². The van der Waals surface area contributed by atoms with Crippen LogP contribution in [0.5, 0.6) is 0 Å². The molecule has 48 heavy (non-hydrogen) atoms. The zero-order valence-corrected chi connectivity index (χ0v) is 28.5. The quantitative estimate of drug-likeness (QED) is 0.306. The second-order valence-corrected chi connectivity index (χ2v) is 13.6. The van der Waals surface area contributed by atoms with Crippen LogP contribution in [0.4, 0.5) is 10.5 Å². The first-order chi connectivity index (χ1) is 23.3. The molecule has 2 fully saturated rings. The molecule has 3 aliphatic heterocycles. The molecule has 2 saturated heterocycles. The van der Waals surface area contributed by atoms with Crippen LogP contribution in [0, 0.1) is 11.8 Å². The molecule has 3 heterocycles. The number of hydrogen-bond acceptors (Lipinski definition) is 8. The number of rotatable bonds is 8. The lowest BCUT2D eigenvalue weighted by Gasteiger charge is -2.39. The van der Waals surface area contributed by atoms with Gasteiger partial charge in [0, 0.05) is 54.8 Å². The van der Waals surface area contributed by atoms with E-state index in [4.69, 9.17) is 20.2 Å². The molecule has 5 aliphatic rings. The topological polar surface area (TPSA) is 122 Å². The zero-order valence-electron chi connectivity index (χ0n) is 28.5. The third-order valence-corrected chi connectivity index (χ3v) is 10.3. The molecule has 4 N–H and O–H groups in total. The van der Waals surface area contributed by atoms with Crippen molar-refractivity contribution in [2.75, 3.05) is 39.1 Å². The van der Waals surface area contributed by atoms with Gasteiger partial charge < -0.3 is 35.6 Å². The summed E-state index contributed by atoms with van der Waals surface area (Å²) >= 11 is 0. The number of amidine groups is 1. The van der Waals surface area contributed by atoms with E-state index in [9.17, 15) is 9.59 Å². The normalized spacial score (nSPS) is 25.0. The smallest absolute Gasteiger partial charge is 0.407 e. The van der Waals surface area contributed by atoms with Crippen LogP contribution in [-0.2, 0) is 14.3 Å². The van der Waals surface area contributed by atoms with Gasteiger partial charge in [-0.15, -0.1) is 0 Å². The van der Waals surface area contributed by atoms with Crippen LogP contribution in [0.1, 0.15) is 70.4 Å². The number of alkyl carbamates (subject to hydrolysis) is 1. The van der Waals surface area contributed by atoms with E-state index in [0.717, 1.165) is 82.6 Å². The average Bonchev–Trinajstić information content (AvgIpc) is 3.56. The van der Waals surface area contributed by atoms with Gasteiger partial charge in [0.25, 0.3) is 0 Å². The number of carbonyl (C=O) groups is 2. The Labute approximate surface area is 284 Å². The summed E-state index contributed by atoms with van der Waals surface area (Å²) in [5.41, 5.74) is 13.0. The maximum absolute atomic E-state index is 13.1. The number of nitrogens with zero attached hydrogens (tertiary/aromatic N) is 3. The third-order valence-electron chi connectivity index (χ3n) is 10.3. The van der Waals surface area contributed by atoms with Crippen molar-refractivity contribution in [1.29, 1.82) is 0 Å². The van der Waals surface area contributed by atoms with Crippen LogP contribution in [0.15, 0.2) is 88.4 Å². The fraction of sp³-hybridized carbons (Fsp3) is 0.500. The number of benzene rings is 1.